The van der Waals surface area contributed by atoms with Gasteiger partial charge in [0, 0.05) is 34.8 Å². The summed E-state index contributed by atoms with van der Waals surface area (Å²) in [5.41, 5.74) is 2.33. The topological polar surface area (TPSA) is 51.5 Å². The third-order valence-electron chi connectivity index (χ3n) is 4.30. The molecule has 3 aromatic rings. The number of benzene rings is 2. The summed E-state index contributed by atoms with van der Waals surface area (Å²) < 4.78 is 7.58. The fraction of sp³-hybridized carbons (Fsp3) is 0.350. The Hall–Kier alpha value is -2.33. The highest BCUT2D eigenvalue weighted by molar-refractivity contribution is 6.07. The Morgan fingerprint density at radius 3 is 2.17 bits per heavy atom. The molecule has 4 heteroatoms. The summed E-state index contributed by atoms with van der Waals surface area (Å²) in [4.78, 5) is 11.8. The number of unbranched alkanes of at least 4 members (excludes halogenated alkanes) is 2. The maximum Gasteiger partial charge on any atom is 0.305 e. The van der Waals surface area contributed by atoms with E-state index < -0.39 is 0 Å². The predicted octanol–water partition coefficient (Wildman–Crippen LogP) is 3.89. The van der Waals surface area contributed by atoms with E-state index in [0.717, 1.165) is 30.3 Å². The number of esters is 1. The van der Waals surface area contributed by atoms with Gasteiger partial charge in [-0.1, -0.05) is 42.8 Å². The van der Waals surface area contributed by atoms with Crippen molar-refractivity contribution in [3.05, 3.63) is 48.5 Å². The third-order valence-corrected chi connectivity index (χ3v) is 4.30. The first kappa shape index (κ1) is 16.5. The number of aromatic nitrogens is 1. The Morgan fingerprint density at radius 2 is 1.54 bits per heavy atom. The molecule has 0 atom stereocenters. The number of aliphatic hydroxyl groups is 1. The van der Waals surface area contributed by atoms with Crippen molar-refractivity contribution in [2.75, 3.05) is 13.2 Å². The molecule has 0 radical (unpaired) electrons. The van der Waals surface area contributed by atoms with Crippen LogP contribution in [0.1, 0.15) is 25.7 Å². The van der Waals surface area contributed by atoms with Crippen LogP contribution in [0, 0.1) is 0 Å². The maximum atomic E-state index is 11.8. The zero-order valence-corrected chi connectivity index (χ0v) is 13.8. The van der Waals surface area contributed by atoms with E-state index in [1.807, 2.05) is 24.3 Å². The highest BCUT2D eigenvalue weighted by atomic mass is 16.5. The molecule has 0 bridgehead atoms. The van der Waals surface area contributed by atoms with Gasteiger partial charge in [0.15, 0.2) is 0 Å². The monoisotopic (exact) mass is 325 g/mol. The molecule has 1 heterocycles. The SMILES string of the molecule is O=C(CCCCCO)OCCn1c2ccccc2c2ccccc21. The average Bonchev–Trinajstić information content (AvgIpc) is 2.93. The number of ether oxygens (including phenoxy) is 1. The van der Waals surface area contributed by atoms with E-state index >= 15 is 0 Å². The van der Waals surface area contributed by atoms with Crippen molar-refractivity contribution >= 4 is 27.8 Å². The normalized spacial score (nSPS) is 11.2. The molecule has 4 nitrogen and oxygen atoms in total. The maximum absolute atomic E-state index is 11.8. The van der Waals surface area contributed by atoms with Gasteiger partial charge in [-0.25, -0.2) is 0 Å². The van der Waals surface area contributed by atoms with Crippen LogP contribution in [0.25, 0.3) is 21.8 Å². The lowest BCUT2D eigenvalue weighted by Crippen LogP contribution is -2.11. The van der Waals surface area contributed by atoms with Crippen LogP contribution < -0.4 is 0 Å². The van der Waals surface area contributed by atoms with Gasteiger partial charge in [0.05, 0.1) is 6.54 Å². The van der Waals surface area contributed by atoms with E-state index in [9.17, 15) is 4.79 Å². The quantitative estimate of drug-likeness (QED) is 0.505. The van der Waals surface area contributed by atoms with Crippen molar-refractivity contribution in [2.45, 2.75) is 32.2 Å². The molecular formula is C20H23NO3. The molecular weight excluding hydrogens is 302 g/mol. The number of aliphatic hydroxyl groups excluding tert-OH is 1. The number of hydrogen-bond acceptors (Lipinski definition) is 3. The minimum atomic E-state index is -0.159. The Balaban J connectivity index is 1.66. The molecule has 0 amide bonds. The van der Waals surface area contributed by atoms with Crippen LogP contribution in [0.2, 0.25) is 0 Å². The van der Waals surface area contributed by atoms with E-state index in [0.29, 0.717) is 19.6 Å². The molecule has 3 rings (SSSR count). The third kappa shape index (κ3) is 3.60. The van der Waals surface area contributed by atoms with E-state index in [2.05, 4.69) is 28.8 Å². The minimum absolute atomic E-state index is 0.159. The predicted molar refractivity (Wildman–Crippen MR) is 96.0 cm³/mol. The molecule has 2 aromatic carbocycles. The van der Waals surface area contributed by atoms with Gasteiger partial charge in [-0.3, -0.25) is 4.79 Å². The summed E-state index contributed by atoms with van der Waals surface area (Å²) in [6, 6.07) is 16.6. The summed E-state index contributed by atoms with van der Waals surface area (Å²) in [5.74, 6) is -0.159. The van der Waals surface area contributed by atoms with Crippen LogP contribution in [0.4, 0.5) is 0 Å². The number of hydrogen-bond donors (Lipinski definition) is 1. The number of carbonyl (C=O) groups excluding carboxylic acids is 1. The molecule has 0 spiro atoms. The van der Waals surface area contributed by atoms with Crippen molar-refractivity contribution in [3.8, 4) is 0 Å². The Labute approximate surface area is 141 Å². The molecule has 0 saturated heterocycles. The lowest BCUT2D eigenvalue weighted by atomic mass is 10.2. The highest BCUT2D eigenvalue weighted by Gasteiger charge is 2.10. The summed E-state index contributed by atoms with van der Waals surface area (Å²) in [6.07, 6.45) is 2.80. The average molecular weight is 325 g/mol. The highest BCUT2D eigenvalue weighted by Crippen LogP contribution is 2.28. The van der Waals surface area contributed by atoms with E-state index in [-0.39, 0.29) is 12.6 Å². The summed E-state index contributed by atoms with van der Waals surface area (Å²) in [6.45, 7) is 1.21. The second kappa shape index (κ2) is 7.97. The van der Waals surface area contributed by atoms with Crippen molar-refractivity contribution in [2.24, 2.45) is 0 Å². The molecule has 1 N–H and O–H groups in total. The van der Waals surface area contributed by atoms with Crippen molar-refractivity contribution in [3.63, 3.8) is 0 Å². The van der Waals surface area contributed by atoms with Gasteiger partial charge >= 0.3 is 5.97 Å². The first-order valence-corrected chi connectivity index (χ1v) is 8.53. The van der Waals surface area contributed by atoms with Crippen molar-refractivity contribution in [1.29, 1.82) is 0 Å². The molecule has 24 heavy (non-hydrogen) atoms. The Morgan fingerprint density at radius 1 is 0.917 bits per heavy atom. The van der Waals surface area contributed by atoms with Crippen LogP contribution in [0.3, 0.4) is 0 Å². The minimum Gasteiger partial charge on any atom is -0.464 e. The van der Waals surface area contributed by atoms with Gasteiger partial charge in [-0.05, 0) is 25.0 Å². The fourth-order valence-electron chi connectivity index (χ4n) is 3.13. The van der Waals surface area contributed by atoms with Crippen LogP contribution in [-0.2, 0) is 16.1 Å². The lowest BCUT2D eigenvalue weighted by molar-refractivity contribution is -0.144. The zero-order chi connectivity index (χ0) is 16.8. The second-order valence-corrected chi connectivity index (χ2v) is 5.94. The van der Waals surface area contributed by atoms with Gasteiger partial charge in [0.1, 0.15) is 6.61 Å². The first-order valence-electron chi connectivity index (χ1n) is 8.53. The van der Waals surface area contributed by atoms with Crippen molar-refractivity contribution < 1.29 is 14.6 Å². The number of nitrogens with zero attached hydrogens (tertiary/aromatic N) is 1. The van der Waals surface area contributed by atoms with Crippen LogP contribution in [0.5, 0.6) is 0 Å². The van der Waals surface area contributed by atoms with Crippen LogP contribution in [-0.4, -0.2) is 28.9 Å². The Bertz CT molecular complexity index is 769. The first-order chi connectivity index (χ1) is 11.8. The Kier molecular flexibility index (Phi) is 5.49. The molecule has 0 aliphatic carbocycles. The number of fused-ring (bicyclic) bond motifs is 3. The van der Waals surface area contributed by atoms with Gasteiger partial charge in [0.2, 0.25) is 0 Å². The molecule has 0 saturated carbocycles. The van der Waals surface area contributed by atoms with Gasteiger partial charge in [-0.15, -0.1) is 0 Å². The van der Waals surface area contributed by atoms with Gasteiger partial charge in [0.25, 0.3) is 0 Å². The van der Waals surface area contributed by atoms with E-state index in [1.54, 1.807) is 0 Å². The smallest absolute Gasteiger partial charge is 0.305 e. The molecule has 0 aliphatic rings. The van der Waals surface area contributed by atoms with Crippen LogP contribution in [0.15, 0.2) is 48.5 Å². The summed E-state index contributed by atoms with van der Waals surface area (Å²) >= 11 is 0. The zero-order valence-electron chi connectivity index (χ0n) is 13.8. The molecule has 0 fully saturated rings. The molecule has 0 aliphatic heterocycles. The molecule has 126 valence electrons. The number of rotatable bonds is 8. The molecule has 0 unspecified atom stereocenters. The number of para-hydroxylation sites is 2. The second-order valence-electron chi connectivity index (χ2n) is 5.94. The number of carbonyl (C=O) groups is 1. The van der Waals surface area contributed by atoms with Crippen LogP contribution >= 0.6 is 0 Å². The largest absolute Gasteiger partial charge is 0.464 e. The standard InChI is InChI=1S/C20H23NO3/c22-14-7-1-2-12-20(23)24-15-13-21-18-10-5-3-8-16(18)17-9-4-6-11-19(17)21/h3-6,8-11,22H,1-2,7,12-15H2. The summed E-state index contributed by atoms with van der Waals surface area (Å²) in [5, 5.41) is 11.2. The van der Waals surface area contributed by atoms with E-state index in [1.165, 1.54) is 10.8 Å². The van der Waals surface area contributed by atoms with Gasteiger partial charge in [-0.2, -0.15) is 0 Å². The lowest BCUT2D eigenvalue weighted by Gasteiger charge is -2.08. The van der Waals surface area contributed by atoms with Crippen molar-refractivity contribution in [1.82, 2.24) is 4.57 Å². The molecule has 1 aromatic heterocycles. The van der Waals surface area contributed by atoms with Gasteiger partial charge < -0.3 is 14.4 Å². The summed E-state index contributed by atoms with van der Waals surface area (Å²) in [7, 11) is 0. The fourth-order valence-corrected chi connectivity index (χ4v) is 3.13. The van der Waals surface area contributed by atoms with E-state index in [4.69, 9.17) is 9.84 Å².